The van der Waals surface area contributed by atoms with Crippen molar-refractivity contribution in [2.24, 2.45) is 10.7 Å². The van der Waals surface area contributed by atoms with Gasteiger partial charge in [-0.25, -0.2) is 4.99 Å². The molecule has 0 saturated heterocycles. The predicted molar refractivity (Wildman–Crippen MR) is 61.1 cm³/mol. The van der Waals surface area contributed by atoms with Crippen LogP contribution < -0.4 is 5.73 Å². The second kappa shape index (κ2) is 4.37. The lowest BCUT2D eigenvalue weighted by Crippen LogP contribution is -2.12. The molecule has 1 aromatic heterocycles. The van der Waals surface area contributed by atoms with Gasteiger partial charge in [-0.15, -0.1) is 0 Å². The van der Waals surface area contributed by atoms with Crippen molar-refractivity contribution in [3.63, 3.8) is 0 Å². The van der Waals surface area contributed by atoms with Gasteiger partial charge in [0.25, 0.3) is 0 Å². The Labute approximate surface area is 88.3 Å². The summed E-state index contributed by atoms with van der Waals surface area (Å²) in [5.74, 6) is 0.503. The zero-order valence-corrected chi connectivity index (χ0v) is 8.17. The number of benzene rings is 1. The third kappa shape index (κ3) is 2.40. The lowest BCUT2D eigenvalue weighted by atomic mass is 10.2. The van der Waals surface area contributed by atoms with E-state index in [9.17, 15) is 0 Å². The van der Waals surface area contributed by atoms with Crippen molar-refractivity contribution < 1.29 is 0 Å². The number of aromatic nitrogens is 1. The van der Waals surface area contributed by atoms with E-state index in [1.165, 1.54) is 0 Å². The fraction of sp³-hybridized carbons (Fsp3) is 0. The van der Waals surface area contributed by atoms with Crippen molar-refractivity contribution in [3.8, 4) is 0 Å². The van der Waals surface area contributed by atoms with Gasteiger partial charge in [-0.05, 0) is 24.3 Å². The monoisotopic (exact) mass is 197 g/mol. The van der Waals surface area contributed by atoms with E-state index in [0.29, 0.717) is 5.84 Å². The first-order valence-electron chi connectivity index (χ1n) is 4.66. The summed E-state index contributed by atoms with van der Waals surface area (Å²) in [6.45, 7) is 0. The third-order valence-electron chi connectivity index (χ3n) is 1.98. The molecule has 0 unspecified atom stereocenters. The summed E-state index contributed by atoms with van der Waals surface area (Å²) < 4.78 is 0. The molecule has 0 fully saturated rings. The highest BCUT2D eigenvalue weighted by atomic mass is 14.9. The van der Waals surface area contributed by atoms with Crippen LogP contribution in [0.3, 0.4) is 0 Å². The van der Waals surface area contributed by atoms with E-state index < -0.39 is 0 Å². The van der Waals surface area contributed by atoms with Crippen LogP contribution in [0.1, 0.15) is 5.56 Å². The molecule has 74 valence electrons. The predicted octanol–water partition coefficient (Wildman–Crippen LogP) is 2.12. The number of aliphatic imine (C=N–C) groups is 1. The average Bonchev–Trinajstić information content (AvgIpc) is 2.31. The molecule has 0 radical (unpaired) electrons. The molecule has 0 saturated carbocycles. The van der Waals surface area contributed by atoms with Crippen LogP contribution in [0.2, 0.25) is 0 Å². The smallest absolute Gasteiger partial charge is 0.131 e. The van der Waals surface area contributed by atoms with Crippen LogP contribution in [0.4, 0.5) is 5.69 Å². The van der Waals surface area contributed by atoms with Crippen molar-refractivity contribution in [3.05, 3.63) is 60.4 Å². The van der Waals surface area contributed by atoms with E-state index in [0.717, 1.165) is 11.3 Å². The fourth-order valence-electron chi connectivity index (χ4n) is 1.23. The standard InChI is InChI=1S/C12H11N3/c13-12(10-6-8-14-9-7-10)15-11-4-2-1-3-5-11/h1-9H,(H2,13,15). The maximum atomic E-state index is 5.85. The number of nitrogens with zero attached hydrogens (tertiary/aromatic N) is 2. The summed E-state index contributed by atoms with van der Waals surface area (Å²) >= 11 is 0. The second-order valence-electron chi connectivity index (χ2n) is 3.07. The molecule has 0 aliphatic heterocycles. The van der Waals surface area contributed by atoms with Crippen LogP contribution in [0.15, 0.2) is 59.9 Å². The minimum absolute atomic E-state index is 0.503. The van der Waals surface area contributed by atoms with Gasteiger partial charge in [0.15, 0.2) is 0 Å². The Kier molecular flexibility index (Phi) is 2.74. The quantitative estimate of drug-likeness (QED) is 0.592. The van der Waals surface area contributed by atoms with Gasteiger partial charge in [0.05, 0.1) is 5.69 Å². The van der Waals surface area contributed by atoms with E-state index in [1.807, 2.05) is 42.5 Å². The molecule has 0 spiro atoms. The highest BCUT2D eigenvalue weighted by Gasteiger charge is 1.96. The number of para-hydroxylation sites is 1. The van der Waals surface area contributed by atoms with Crippen molar-refractivity contribution in [2.45, 2.75) is 0 Å². The molecule has 3 nitrogen and oxygen atoms in total. The van der Waals surface area contributed by atoms with E-state index in [1.54, 1.807) is 12.4 Å². The molecule has 1 heterocycles. The Hall–Kier alpha value is -2.16. The van der Waals surface area contributed by atoms with Gasteiger partial charge >= 0.3 is 0 Å². The molecular formula is C12H11N3. The number of pyridine rings is 1. The highest BCUT2D eigenvalue weighted by Crippen LogP contribution is 2.10. The minimum atomic E-state index is 0.503. The molecule has 0 amide bonds. The zero-order chi connectivity index (χ0) is 10.5. The summed E-state index contributed by atoms with van der Waals surface area (Å²) in [4.78, 5) is 8.22. The van der Waals surface area contributed by atoms with Gasteiger partial charge < -0.3 is 5.73 Å². The lowest BCUT2D eigenvalue weighted by molar-refractivity contribution is 1.31. The summed E-state index contributed by atoms with van der Waals surface area (Å²) in [6, 6.07) is 13.3. The minimum Gasteiger partial charge on any atom is -0.383 e. The van der Waals surface area contributed by atoms with Crippen molar-refractivity contribution in [1.82, 2.24) is 4.98 Å². The molecule has 2 rings (SSSR count). The molecule has 15 heavy (non-hydrogen) atoms. The first-order valence-corrected chi connectivity index (χ1v) is 4.66. The first kappa shape index (κ1) is 9.40. The Morgan fingerprint density at radius 2 is 1.67 bits per heavy atom. The van der Waals surface area contributed by atoms with E-state index >= 15 is 0 Å². The highest BCUT2D eigenvalue weighted by molar-refractivity contribution is 5.98. The van der Waals surface area contributed by atoms with Crippen LogP contribution in [0, 0.1) is 0 Å². The number of nitrogens with two attached hydrogens (primary N) is 1. The van der Waals surface area contributed by atoms with Gasteiger partial charge in [0.2, 0.25) is 0 Å². The fourth-order valence-corrected chi connectivity index (χ4v) is 1.23. The van der Waals surface area contributed by atoms with Crippen molar-refractivity contribution in [2.75, 3.05) is 0 Å². The van der Waals surface area contributed by atoms with Gasteiger partial charge in [-0.1, -0.05) is 18.2 Å². The molecule has 3 heteroatoms. The van der Waals surface area contributed by atoms with Gasteiger partial charge in [0, 0.05) is 18.0 Å². The van der Waals surface area contributed by atoms with E-state index in [4.69, 9.17) is 5.73 Å². The molecule has 2 aromatic rings. The normalized spacial score (nSPS) is 11.3. The number of rotatable bonds is 2. The molecule has 0 atom stereocenters. The van der Waals surface area contributed by atoms with Crippen LogP contribution >= 0.6 is 0 Å². The van der Waals surface area contributed by atoms with E-state index in [-0.39, 0.29) is 0 Å². The second-order valence-corrected chi connectivity index (χ2v) is 3.07. The van der Waals surface area contributed by atoms with Crippen LogP contribution in [-0.4, -0.2) is 10.8 Å². The average molecular weight is 197 g/mol. The molecule has 1 aromatic carbocycles. The Morgan fingerprint density at radius 3 is 2.33 bits per heavy atom. The molecule has 2 N–H and O–H groups in total. The third-order valence-corrected chi connectivity index (χ3v) is 1.98. The summed E-state index contributed by atoms with van der Waals surface area (Å²) in [7, 11) is 0. The van der Waals surface area contributed by atoms with Gasteiger partial charge in [-0.3, -0.25) is 4.98 Å². The first-order chi connectivity index (χ1) is 7.36. The van der Waals surface area contributed by atoms with Crippen LogP contribution in [0.25, 0.3) is 0 Å². The molecular weight excluding hydrogens is 186 g/mol. The topological polar surface area (TPSA) is 51.3 Å². The summed E-state index contributed by atoms with van der Waals surface area (Å²) in [6.07, 6.45) is 3.39. The summed E-state index contributed by atoms with van der Waals surface area (Å²) in [5.41, 5.74) is 7.59. The zero-order valence-electron chi connectivity index (χ0n) is 8.17. The lowest BCUT2D eigenvalue weighted by Gasteiger charge is -1.99. The van der Waals surface area contributed by atoms with Crippen molar-refractivity contribution >= 4 is 11.5 Å². The van der Waals surface area contributed by atoms with Crippen molar-refractivity contribution in [1.29, 1.82) is 0 Å². The molecule has 0 aliphatic rings. The van der Waals surface area contributed by atoms with E-state index in [2.05, 4.69) is 9.98 Å². The number of amidine groups is 1. The van der Waals surface area contributed by atoms with Gasteiger partial charge in [-0.2, -0.15) is 0 Å². The number of hydrogen-bond acceptors (Lipinski definition) is 2. The van der Waals surface area contributed by atoms with Crippen LogP contribution in [0.5, 0.6) is 0 Å². The summed E-state index contributed by atoms with van der Waals surface area (Å²) in [5, 5.41) is 0. The Bertz CT molecular complexity index is 449. The Morgan fingerprint density at radius 1 is 1.00 bits per heavy atom. The SMILES string of the molecule is NC(=Nc1ccccc1)c1ccncc1. The number of hydrogen-bond donors (Lipinski definition) is 1. The largest absolute Gasteiger partial charge is 0.383 e. The molecule has 0 aliphatic carbocycles. The maximum Gasteiger partial charge on any atom is 0.131 e. The maximum absolute atomic E-state index is 5.85. The van der Waals surface area contributed by atoms with Crippen LogP contribution in [-0.2, 0) is 0 Å². The molecule has 0 bridgehead atoms. The van der Waals surface area contributed by atoms with Gasteiger partial charge in [0.1, 0.15) is 5.84 Å². The Balaban J connectivity index is 2.29.